The lowest BCUT2D eigenvalue weighted by Crippen LogP contribution is -2.41. The van der Waals surface area contributed by atoms with Gasteiger partial charge in [0, 0.05) is 0 Å². The van der Waals surface area contributed by atoms with Crippen LogP contribution >= 0.6 is 0 Å². The van der Waals surface area contributed by atoms with Gasteiger partial charge in [-0.2, -0.15) is 0 Å². The fourth-order valence-corrected chi connectivity index (χ4v) is 1.75. The van der Waals surface area contributed by atoms with Crippen molar-refractivity contribution in [2.75, 3.05) is 13.2 Å². The molecule has 0 saturated carbocycles. The highest BCUT2D eigenvalue weighted by molar-refractivity contribution is 6.00. The Kier molecular flexibility index (Phi) is 8.29. The molecule has 0 aliphatic rings. The van der Waals surface area contributed by atoms with Gasteiger partial charge in [-0.05, 0) is 33.6 Å². The second kappa shape index (κ2) is 9.13. The molecule has 0 bridgehead atoms. The van der Waals surface area contributed by atoms with Gasteiger partial charge in [0.25, 0.3) is 0 Å². The fourth-order valence-electron chi connectivity index (χ4n) is 1.75. The molecule has 0 fully saturated rings. The smallest absolute Gasteiger partial charge is 0.324 e. The zero-order valence-corrected chi connectivity index (χ0v) is 12.6. The van der Waals surface area contributed by atoms with Crippen molar-refractivity contribution in [2.45, 2.75) is 33.6 Å². The van der Waals surface area contributed by atoms with E-state index in [1.165, 1.54) is 6.08 Å². The lowest BCUT2D eigenvalue weighted by molar-refractivity contribution is -0.171. The van der Waals surface area contributed by atoms with Gasteiger partial charge in [-0.25, -0.2) is 0 Å². The summed E-state index contributed by atoms with van der Waals surface area (Å²) < 4.78 is 10.1. The maximum absolute atomic E-state index is 12.2. The molecule has 0 atom stereocenters. The van der Waals surface area contributed by atoms with Gasteiger partial charge >= 0.3 is 11.9 Å². The molecule has 0 rings (SSSR count). The first-order valence-corrected chi connectivity index (χ1v) is 6.72. The van der Waals surface area contributed by atoms with Crippen LogP contribution in [-0.2, 0) is 19.1 Å². The molecule has 0 spiro atoms. The van der Waals surface area contributed by atoms with E-state index >= 15 is 0 Å². The summed E-state index contributed by atoms with van der Waals surface area (Å²) in [5, 5.41) is 0. The minimum atomic E-state index is -1.36. The largest absolute Gasteiger partial charge is 0.465 e. The zero-order valence-electron chi connectivity index (χ0n) is 12.6. The van der Waals surface area contributed by atoms with Crippen molar-refractivity contribution in [1.82, 2.24) is 0 Å². The Labute approximate surface area is 121 Å². The Bertz CT molecular complexity index is 375. The van der Waals surface area contributed by atoms with Gasteiger partial charge in [0.15, 0.2) is 5.41 Å². The van der Waals surface area contributed by atoms with Crippen LogP contribution in [0.2, 0.25) is 0 Å². The molecule has 0 unspecified atom stereocenters. The van der Waals surface area contributed by atoms with Gasteiger partial charge < -0.3 is 9.47 Å². The third-order valence-corrected chi connectivity index (χ3v) is 2.69. The first-order chi connectivity index (χ1) is 9.44. The molecule has 0 aromatic rings. The molecule has 0 aromatic carbocycles. The number of carbonyl (C=O) groups excluding carboxylic acids is 2. The number of ether oxygens (including phenoxy) is 2. The molecule has 0 radical (unpaired) electrons. The summed E-state index contributed by atoms with van der Waals surface area (Å²) in [5.74, 6) is -1.16. The summed E-state index contributed by atoms with van der Waals surface area (Å²) in [6.45, 7) is 13.0. The quantitative estimate of drug-likeness (QED) is 0.282. The van der Waals surface area contributed by atoms with E-state index in [1.807, 2.05) is 6.92 Å². The van der Waals surface area contributed by atoms with E-state index in [2.05, 4.69) is 13.2 Å². The molecule has 0 saturated heterocycles. The van der Waals surface area contributed by atoms with Gasteiger partial charge in [0.2, 0.25) is 0 Å². The van der Waals surface area contributed by atoms with Crippen molar-refractivity contribution >= 4 is 11.9 Å². The van der Waals surface area contributed by atoms with Gasteiger partial charge in [-0.3, -0.25) is 9.59 Å². The summed E-state index contributed by atoms with van der Waals surface area (Å²) in [6, 6.07) is 0. The van der Waals surface area contributed by atoms with Crippen LogP contribution in [0.1, 0.15) is 33.6 Å². The average molecular weight is 280 g/mol. The highest BCUT2D eigenvalue weighted by Gasteiger charge is 2.46. The number of esters is 2. The number of carbonyl (C=O) groups is 2. The Balaban J connectivity index is 5.41. The Morgan fingerprint density at radius 3 is 1.95 bits per heavy atom. The minimum Gasteiger partial charge on any atom is -0.465 e. The summed E-state index contributed by atoms with van der Waals surface area (Å²) in [5.41, 5.74) is -0.523. The molecular weight excluding hydrogens is 256 g/mol. The molecule has 0 aliphatic heterocycles. The molecule has 4 nitrogen and oxygen atoms in total. The van der Waals surface area contributed by atoms with E-state index in [1.54, 1.807) is 26.0 Å². The molecule has 0 N–H and O–H groups in total. The topological polar surface area (TPSA) is 52.6 Å². The Morgan fingerprint density at radius 1 is 1.10 bits per heavy atom. The van der Waals surface area contributed by atoms with Gasteiger partial charge in [-0.1, -0.05) is 30.4 Å². The van der Waals surface area contributed by atoms with Gasteiger partial charge in [0.05, 0.1) is 13.2 Å². The summed E-state index contributed by atoms with van der Waals surface area (Å²) in [6.07, 6.45) is 5.40. The third-order valence-electron chi connectivity index (χ3n) is 2.69. The number of allylic oxidation sites excluding steroid dienone is 4. The minimum absolute atomic E-state index is 0.172. The molecule has 0 heterocycles. The first kappa shape index (κ1) is 18.2. The third kappa shape index (κ3) is 5.03. The Morgan fingerprint density at radius 2 is 1.60 bits per heavy atom. The van der Waals surface area contributed by atoms with Gasteiger partial charge in [0.1, 0.15) is 0 Å². The van der Waals surface area contributed by atoms with Crippen LogP contribution < -0.4 is 0 Å². The van der Waals surface area contributed by atoms with Crippen molar-refractivity contribution in [3.63, 3.8) is 0 Å². The van der Waals surface area contributed by atoms with Crippen LogP contribution in [-0.4, -0.2) is 25.2 Å². The second-order valence-corrected chi connectivity index (χ2v) is 4.47. The van der Waals surface area contributed by atoms with E-state index in [-0.39, 0.29) is 26.1 Å². The molecule has 0 aromatic heterocycles. The standard InChI is InChI=1S/C16H24O4/c1-6-11-16(14(17)19-7-2,15(18)20-8-3)12-9-10-13(4)5/h6,9-10H,1,4,7-8,11-12H2,2-3,5H3/b10-9+. The molecule has 0 aliphatic carbocycles. The van der Waals surface area contributed by atoms with Crippen LogP contribution in [0, 0.1) is 5.41 Å². The summed E-state index contributed by atoms with van der Waals surface area (Å²) in [7, 11) is 0. The summed E-state index contributed by atoms with van der Waals surface area (Å²) in [4.78, 5) is 24.4. The van der Waals surface area contributed by atoms with Crippen LogP contribution in [0.15, 0.2) is 37.0 Å². The van der Waals surface area contributed by atoms with Crippen molar-refractivity contribution < 1.29 is 19.1 Å². The predicted octanol–water partition coefficient (Wildman–Crippen LogP) is 3.20. The molecular formula is C16H24O4. The van der Waals surface area contributed by atoms with Crippen LogP contribution in [0.25, 0.3) is 0 Å². The van der Waals surface area contributed by atoms with Crippen LogP contribution in [0.5, 0.6) is 0 Å². The van der Waals surface area contributed by atoms with Crippen LogP contribution in [0.3, 0.4) is 0 Å². The maximum atomic E-state index is 12.2. The van der Waals surface area contributed by atoms with E-state index in [0.717, 1.165) is 5.57 Å². The SMILES string of the molecule is C=CCC(C/C=C/C(=C)C)(C(=O)OCC)C(=O)OCC. The van der Waals surface area contributed by atoms with Crippen molar-refractivity contribution in [2.24, 2.45) is 5.41 Å². The highest BCUT2D eigenvalue weighted by Crippen LogP contribution is 2.32. The van der Waals surface area contributed by atoms with E-state index in [9.17, 15) is 9.59 Å². The second-order valence-electron chi connectivity index (χ2n) is 4.47. The lowest BCUT2D eigenvalue weighted by atomic mass is 9.80. The highest BCUT2D eigenvalue weighted by atomic mass is 16.6. The lowest BCUT2D eigenvalue weighted by Gasteiger charge is -2.26. The maximum Gasteiger partial charge on any atom is 0.324 e. The number of hydrogen-bond acceptors (Lipinski definition) is 4. The average Bonchev–Trinajstić information content (AvgIpc) is 2.37. The van der Waals surface area contributed by atoms with Crippen molar-refractivity contribution in [3.05, 3.63) is 37.0 Å². The summed E-state index contributed by atoms with van der Waals surface area (Å²) >= 11 is 0. The molecule has 112 valence electrons. The van der Waals surface area contributed by atoms with Crippen LogP contribution in [0.4, 0.5) is 0 Å². The predicted molar refractivity (Wildman–Crippen MR) is 79.1 cm³/mol. The monoisotopic (exact) mass is 280 g/mol. The normalized spacial score (nSPS) is 11.2. The van der Waals surface area contributed by atoms with Crippen molar-refractivity contribution in [3.8, 4) is 0 Å². The van der Waals surface area contributed by atoms with Crippen molar-refractivity contribution in [1.29, 1.82) is 0 Å². The first-order valence-electron chi connectivity index (χ1n) is 6.72. The van der Waals surface area contributed by atoms with E-state index < -0.39 is 17.4 Å². The number of hydrogen-bond donors (Lipinski definition) is 0. The molecule has 0 amide bonds. The number of rotatable bonds is 9. The zero-order chi connectivity index (χ0) is 15.6. The fraction of sp³-hybridized carbons (Fsp3) is 0.500. The van der Waals surface area contributed by atoms with Gasteiger partial charge in [-0.15, -0.1) is 6.58 Å². The van der Waals surface area contributed by atoms with E-state index in [0.29, 0.717) is 0 Å². The van der Waals surface area contributed by atoms with E-state index in [4.69, 9.17) is 9.47 Å². The molecule has 4 heteroatoms. The Hall–Kier alpha value is -1.84. The molecule has 20 heavy (non-hydrogen) atoms.